The first-order valence-electron chi connectivity index (χ1n) is 7.25. The van der Waals surface area contributed by atoms with Gasteiger partial charge in [-0.1, -0.05) is 13.8 Å². The quantitative estimate of drug-likeness (QED) is 0.838. The average molecular weight is 292 g/mol. The Kier molecular flexibility index (Phi) is 4.60. The largest absolute Gasteiger partial charge is 0.339 e. The van der Waals surface area contributed by atoms with E-state index >= 15 is 0 Å². The fourth-order valence-corrected chi connectivity index (χ4v) is 2.58. The van der Waals surface area contributed by atoms with Crippen LogP contribution in [0.4, 0.5) is 4.39 Å². The lowest BCUT2D eigenvalue weighted by Crippen LogP contribution is -2.56. The molecule has 0 aliphatic carbocycles. The number of hydrogen-bond acceptors (Lipinski definition) is 2. The summed E-state index contributed by atoms with van der Waals surface area (Å²) in [6, 6.07) is 5.53. The zero-order valence-electron chi connectivity index (χ0n) is 12.7. The molecule has 1 unspecified atom stereocenters. The fourth-order valence-electron chi connectivity index (χ4n) is 2.58. The molecule has 1 aromatic carbocycles. The number of amides is 2. The normalized spacial score (nSPS) is 19.0. The molecule has 1 aromatic rings. The molecule has 0 aromatic heterocycles. The van der Waals surface area contributed by atoms with Crippen molar-refractivity contribution in [2.24, 2.45) is 5.92 Å². The van der Waals surface area contributed by atoms with E-state index < -0.39 is 0 Å². The van der Waals surface area contributed by atoms with Gasteiger partial charge in [0.15, 0.2) is 0 Å². The van der Waals surface area contributed by atoms with Gasteiger partial charge in [-0.3, -0.25) is 9.59 Å². The van der Waals surface area contributed by atoms with Gasteiger partial charge >= 0.3 is 0 Å². The van der Waals surface area contributed by atoms with E-state index in [-0.39, 0.29) is 29.6 Å². The third-order valence-corrected chi connectivity index (χ3v) is 3.79. The predicted octanol–water partition coefficient (Wildman–Crippen LogP) is 2.15. The van der Waals surface area contributed by atoms with Crippen molar-refractivity contribution in [3.8, 4) is 0 Å². The molecule has 21 heavy (non-hydrogen) atoms. The minimum Gasteiger partial charge on any atom is -0.339 e. The van der Waals surface area contributed by atoms with Gasteiger partial charge in [-0.2, -0.15) is 0 Å². The van der Waals surface area contributed by atoms with E-state index in [4.69, 9.17) is 0 Å². The summed E-state index contributed by atoms with van der Waals surface area (Å²) in [6.07, 6.45) is 0. The van der Waals surface area contributed by atoms with E-state index in [2.05, 4.69) is 0 Å². The molecule has 0 N–H and O–H groups in total. The van der Waals surface area contributed by atoms with Crippen LogP contribution in [0.5, 0.6) is 0 Å². The second-order valence-electron chi connectivity index (χ2n) is 5.79. The molecule has 0 saturated carbocycles. The number of rotatable bonds is 2. The highest BCUT2D eigenvalue weighted by Gasteiger charge is 2.30. The lowest BCUT2D eigenvalue weighted by Gasteiger charge is -2.40. The van der Waals surface area contributed by atoms with Gasteiger partial charge in [0.2, 0.25) is 5.91 Å². The maximum absolute atomic E-state index is 12.9. The van der Waals surface area contributed by atoms with Crippen molar-refractivity contribution < 1.29 is 14.0 Å². The molecule has 0 radical (unpaired) electrons. The Labute approximate surface area is 124 Å². The summed E-state index contributed by atoms with van der Waals surface area (Å²) in [6.45, 7) is 7.29. The molecule has 2 rings (SSSR count). The van der Waals surface area contributed by atoms with Gasteiger partial charge in [-0.05, 0) is 31.2 Å². The summed E-state index contributed by atoms with van der Waals surface area (Å²) in [7, 11) is 0. The highest BCUT2D eigenvalue weighted by Crippen LogP contribution is 2.16. The van der Waals surface area contributed by atoms with Crippen LogP contribution in [0.3, 0.4) is 0 Å². The zero-order chi connectivity index (χ0) is 15.6. The van der Waals surface area contributed by atoms with Crippen LogP contribution in [0, 0.1) is 11.7 Å². The summed E-state index contributed by atoms with van der Waals surface area (Å²) in [5, 5.41) is 0. The predicted molar refractivity (Wildman–Crippen MR) is 78.3 cm³/mol. The van der Waals surface area contributed by atoms with Gasteiger partial charge < -0.3 is 9.80 Å². The van der Waals surface area contributed by atoms with E-state index in [9.17, 15) is 14.0 Å². The molecular formula is C16H21FN2O2. The first-order chi connectivity index (χ1) is 9.90. The Morgan fingerprint density at radius 3 is 2.33 bits per heavy atom. The molecule has 5 heteroatoms. The van der Waals surface area contributed by atoms with Crippen LogP contribution in [0.25, 0.3) is 0 Å². The SMILES string of the molecule is CC(C)C(=O)N1CCN(C(=O)c2ccc(F)cc2)C(C)C1. The van der Waals surface area contributed by atoms with Gasteiger partial charge in [0.05, 0.1) is 0 Å². The maximum Gasteiger partial charge on any atom is 0.254 e. The van der Waals surface area contributed by atoms with Crippen LogP contribution in [0.1, 0.15) is 31.1 Å². The van der Waals surface area contributed by atoms with E-state index in [1.165, 1.54) is 24.3 Å². The lowest BCUT2D eigenvalue weighted by molar-refractivity contribution is -0.136. The Morgan fingerprint density at radius 1 is 1.19 bits per heavy atom. The second-order valence-corrected chi connectivity index (χ2v) is 5.79. The number of carbonyl (C=O) groups excluding carboxylic acids is 2. The molecule has 1 atom stereocenters. The van der Waals surface area contributed by atoms with Crippen LogP contribution in [0.15, 0.2) is 24.3 Å². The van der Waals surface area contributed by atoms with E-state index in [0.29, 0.717) is 25.2 Å². The molecule has 1 saturated heterocycles. The number of nitrogens with zero attached hydrogens (tertiary/aromatic N) is 2. The Balaban J connectivity index is 2.05. The Hall–Kier alpha value is -1.91. The molecule has 1 heterocycles. The molecule has 114 valence electrons. The highest BCUT2D eigenvalue weighted by molar-refractivity contribution is 5.94. The number of hydrogen-bond donors (Lipinski definition) is 0. The first-order valence-corrected chi connectivity index (χ1v) is 7.25. The monoisotopic (exact) mass is 292 g/mol. The number of halogens is 1. The number of benzene rings is 1. The van der Waals surface area contributed by atoms with Gasteiger partial charge in [-0.15, -0.1) is 0 Å². The van der Waals surface area contributed by atoms with Gasteiger partial charge in [0, 0.05) is 37.2 Å². The second kappa shape index (κ2) is 6.24. The molecule has 1 aliphatic rings. The van der Waals surface area contributed by atoms with Gasteiger partial charge in [0.25, 0.3) is 5.91 Å². The molecule has 1 fully saturated rings. The summed E-state index contributed by atoms with van der Waals surface area (Å²) in [4.78, 5) is 28.0. The van der Waals surface area contributed by atoms with Crippen molar-refractivity contribution in [3.05, 3.63) is 35.6 Å². The zero-order valence-corrected chi connectivity index (χ0v) is 12.7. The van der Waals surface area contributed by atoms with Crippen molar-refractivity contribution in [2.75, 3.05) is 19.6 Å². The minimum atomic E-state index is -0.355. The van der Waals surface area contributed by atoms with Crippen LogP contribution >= 0.6 is 0 Å². The Morgan fingerprint density at radius 2 is 1.81 bits per heavy atom. The first kappa shape index (κ1) is 15.5. The maximum atomic E-state index is 12.9. The summed E-state index contributed by atoms with van der Waals surface area (Å²) >= 11 is 0. The summed E-state index contributed by atoms with van der Waals surface area (Å²) in [5.41, 5.74) is 0.479. The molecule has 1 aliphatic heterocycles. The molecule has 4 nitrogen and oxygen atoms in total. The van der Waals surface area contributed by atoms with E-state index in [1.54, 1.807) is 4.90 Å². The van der Waals surface area contributed by atoms with E-state index in [1.807, 2.05) is 25.7 Å². The van der Waals surface area contributed by atoms with Crippen LogP contribution in [-0.2, 0) is 4.79 Å². The summed E-state index contributed by atoms with van der Waals surface area (Å²) in [5.74, 6) is -0.377. The lowest BCUT2D eigenvalue weighted by atomic mass is 10.1. The third-order valence-electron chi connectivity index (χ3n) is 3.79. The van der Waals surface area contributed by atoms with Crippen molar-refractivity contribution in [1.82, 2.24) is 9.80 Å². The highest BCUT2D eigenvalue weighted by atomic mass is 19.1. The number of piperazine rings is 1. The Bertz CT molecular complexity index is 528. The van der Waals surface area contributed by atoms with Crippen LogP contribution < -0.4 is 0 Å². The van der Waals surface area contributed by atoms with Crippen molar-refractivity contribution in [1.29, 1.82) is 0 Å². The molecule has 0 bridgehead atoms. The van der Waals surface area contributed by atoms with Crippen molar-refractivity contribution in [3.63, 3.8) is 0 Å². The third kappa shape index (κ3) is 3.40. The summed E-state index contributed by atoms with van der Waals surface area (Å²) < 4.78 is 12.9. The smallest absolute Gasteiger partial charge is 0.254 e. The van der Waals surface area contributed by atoms with Crippen molar-refractivity contribution >= 4 is 11.8 Å². The van der Waals surface area contributed by atoms with Crippen LogP contribution in [-0.4, -0.2) is 47.3 Å². The van der Waals surface area contributed by atoms with Gasteiger partial charge in [-0.25, -0.2) is 4.39 Å². The van der Waals surface area contributed by atoms with Crippen LogP contribution in [0.2, 0.25) is 0 Å². The minimum absolute atomic E-state index is 0.0310. The molecule has 2 amide bonds. The topological polar surface area (TPSA) is 40.6 Å². The molecule has 0 spiro atoms. The molecular weight excluding hydrogens is 271 g/mol. The standard InChI is InChI=1S/C16H21FN2O2/c1-11(2)15(20)18-8-9-19(12(3)10-18)16(21)13-4-6-14(17)7-5-13/h4-7,11-12H,8-10H2,1-3H3. The van der Waals surface area contributed by atoms with E-state index in [0.717, 1.165) is 0 Å². The fraction of sp³-hybridized carbons (Fsp3) is 0.500. The van der Waals surface area contributed by atoms with Gasteiger partial charge in [0.1, 0.15) is 5.82 Å². The number of carbonyl (C=O) groups is 2. The van der Waals surface area contributed by atoms with Crippen molar-refractivity contribution in [2.45, 2.75) is 26.8 Å². The average Bonchev–Trinajstić information content (AvgIpc) is 2.46.